The normalized spacial score (nSPS) is 12.1. The van der Waals surface area contributed by atoms with Crippen LogP contribution in [-0.2, 0) is 0 Å². The van der Waals surface area contributed by atoms with E-state index in [1.807, 2.05) is 18.2 Å². The van der Waals surface area contributed by atoms with Gasteiger partial charge in [-0.05, 0) is 28.4 Å². The summed E-state index contributed by atoms with van der Waals surface area (Å²) in [7, 11) is 0. The van der Waals surface area contributed by atoms with Crippen molar-refractivity contribution >= 4 is 27.6 Å². The van der Waals surface area contributed by atoms with Crippen LogP contribution >= 0.6 is 15.9 Å². The summed E-state index contributed by atoms with van der Waals surface area (Å²) in [5.74, 6) is 0.992. The maximum absolute atomic E-state index is 5.76. The van der Waals surface area contributed by atoms with Crippen molar-refractivity contribution in [2.45, 2.75) is 13.0 Å². The van der Waals surface area contributed by atoms with Crippen LogP contribution in [0.5, 0.6) is 0 Å². The molecule has 1 aromatic carbocycles. The van der Waals surface area contributed by atoms with Crippen LogP contribution in [0.1, 0.15) is 18.5 Å². The molecular formula is C12H13BrN4. The van der Waals surface area contributed by atoms with E-state index in [9.17, 15) is 0 Å². The van der Waals surface area contributed by atoms with Crippen LogP contribution in [0.3, 0.4) is 0 Å². The first kappa shape index (κ1) is 11.9. The first-order valence-electron chi connectivity index (χ1n) is 5.26. The Balaban J connectivity index is 2.18. The molecule has 2 aromatic rings. The van der Waals surface area contributed by atoms with Crippen LogP contribution in [0.15, 0.2) is 41.1 Å². The summed E-state index contributed by atoms with van der Waals surface area (Å²) < 4.78 is 0.662. The lowest BCUT2D eigenvalue weighted by molar-refractivity contribution is 0.871. The van der Waals surface area contributed by atoms with Gasteiger partial charge in [0.25, 0.3) is 0 Å². The summed E-state index contributed by atoms with van der Waals surface area (Å²) in [6.07, 6.45) is 1.58. The zero-order chi connectivity index (χ0) is 12.3. The molecule has 1 atom stereocenters. The molecule has 0 saturated heterocycles. The van der Waals surface area contributed by atoms with E-state index in [0.29, 0.717) is 16.2 Å². The number of nitrogens with zero attached hydrogens (tertiary/aromatic N) is 2. The maximum atomic E-state index is 5.76. The summed E-state index contributed by atoms with van der Waals surface area (Å²) in [6, 6.07) is 10.2. The summed E-state index contributed by atoms with van der Waals surface area (Å²) in [6.45, 7) is 2.05. The molecule has 0 aliphatic heterocycles. The molecule has 0 saturated carbocycles. The average Bonchev–Trinajstić information content (AvgIpc) is 2.35. The van der Waals surface area contributed by atoms with Gasteiger partial charge in [0.1, 0.15) is 4.60 Å². The fraction of sp³-hybridized carbons (Fsp3) is 0.167. The number of halogens is 1. The molecule has 3 N–H and O–H groups in total. The molecule has 88 valence electrons. The SMILES string of the molecule is C[C@@H](Nc1nc(Br)cnc1N)c1ccccc1. The lowest BCUT2D eigenvalue weighted by Gasteiger charge is -2.15. The predicted molar refractivity (Wildman–Crippen MR) is 72.6 cm³/mol. The topological polar surface area (TPSA) is 63.8 Å². The van der Waals surface area contributed by atoms with Crippen molar-refractivity contribution in [3.8, 4) is 0 Å². The summed E-state index contributed by atoms with van der Waals surface area (Å²) >= 11 is 3.27. The van der Waals surface area contributed by atoms with Gasteiger partial charge in [-0.1, -0.05) is 30.3 Å². The van der Waals surface area contributed by atoms with Gasteiger partial charge in [-0.25, -0.2) is 9.97 Å². The van der Waals surface area contributed by atoms with E-state index in [-0.39, 0.29) is 6.04 Å². The Bertz CT molecular complexity index is 501. The molecule has 5 heteroatoms. The third-order valence-electron chi connectivity index (χ3n) is 2.42. The van der Waals surface area contributed by atoms with Crippen molar-refractivity contribution in [2.24, 2.45) is 0 Å². The minimum absolute atomic E-state index is 0.127. The Kier molecular flexibility index (Phi) is 3.58. The van der Waals surface area contributed by atoms with E-state index in [1.165, 1.54) is 5.56 Å². The number of benzene rings is 1. The standard InChI is InChI=1S/C12H13BrN4/c1-8(9-5-3-2-4-6-9)16-12-11(14)15-7-10(13)17-12/h2-8H,1H3,(H2,14,15)(H,16,17)/t8-/m1/s1. The molecule has 1 aromatic heterocycles. The van der Waals surface area contributed by atoms with E-state index in [4.69, 9.17) is 5.73 Å². The van der Waals surface area contributed by atoms with Gasteiger partial charge in [-0.15, -0.1) is 0 Å². The Hall–Kier alpha value is -1.62. The number of nitrogens with one attached hydrogen (secondary N) is 1. The number of hydrogen-bond acceptors (Lipinski definition) is 4. The first-order valence-corrected chi connectivity index (χ1v) is 6.05. The third kappa shape index (κ3) is 2.94. The molecule has 0 aliphatic carbocycles. The zero-order valence-electron chi connectivity index (χ0n) is 9.39. The Morgan fingerprint density at radius 1 is 1.29 bits per heavy atom. The molecule has 2 rings (SSSR count). The fourth-order valence-corrected chi connectivity index (χ4v) is 1.79. The highest BCUT2D eigenvalue weighted by atomic mass is 79.9. The summed E-state index contributed by atoms with van der Waals surface area (Å²) in [5.41, 5.74) is 6.93. The number of nitrogen functional groups attached to an aromatic ring is 1. The van der Waals surface area contributed by atoms with E-state index >= 15 is 0 Å². The molecule has 0 radical (unpaired) electrons. The van der Waals surface area contributed by atoms with E-state index in [2.05, 4.69) is 50.3 Å². The van der Waals surface area contributed by atoms with E-state index in [1.54, 1.807) is 6.20 Å². The number of rotatable bonds is 3. The molecule has 0 unspecified atom stereocenters. The lowest BCUT2D eigenvalue weighted by Crippen LogP contribution is -2.10. The van der Waals surface area contributed by atoms with Crippen LogP contribution < -0.4 is 11.1 Å². The second-order valence-electron chi connectivity index (χ2n) is 3.70. The smallest absolute Gasteiger partial charge is 0.170 e. The predicted octanol–water partition coefficient (Wildman–Crippen LogP) is 2.99. The van der Waals surface area contributed by atoms with Crippen molar-refractivity contribution < 1.29 is 0 Å². The molecule has 0 bridgehead atoms. The van der Waals surface area contributed by atoms with Gasteiger partial charge in [0.15, 0.2) is 11.6 Å². The monoisotopic (exact) mass is 292 g/mol. The van der Waals surface area contributed by atoms with Gasteiger partial charge in [0.05, 0.1) is 12.2 Å². The van der Waals surface area contributed by atoms with E-state index < -0.39 is 0 Å². The highest BCUT2D eigenvalue weighted by molar-refractivity contribution is 9.10. The minimum Gasteiger partial charge on any atom is -0.381 e. The van der Waals surface area contributed by atoms with Crippen LogP contribution in [0.25, 0.3) is 0 Å². The van der Waals surface area contributed by atoms with Crippen molar-refractivity contribution in [3.05, 3.63) is 46.7 Å². The van der Waals surface area contributed by atoms with Gasteiger partial charge in [0.2, 0.25) is 0 Å². The lowest BCUT2D eigenvalue weighted by atomic mass is 10.1. The number of nitrogens with two attached hydrogens (primary N) is 1. The Morgan fingerprint density at radius 2 is 2.00 bits per heavy atom. The highest BCUT2D eigenvalue weighted by Gasteiger charge is 2.09. The zero-order valence-corrected chi connectivity index (χ0v) is 11.0. The van der Waals surface area contributed by atoms with Gasteiger partial charge < -0.3 is 11.1 Å². The number of aromatic nitrogens is 2. The molecule has 1 heterocycles. The molecule has 4 nitrogen and oxygen atoms in total. The Labute approximate surface area is 108 Å². The van der Waals surface area contributed by atoms with Crippen LogP contribution in [-0.4, -0.2) is 9.97 Å². The highest BCUT2D eigenvalue weighted by Crippen LogP contribution is 2.22. The fourth-order valence-electron chi connectivity index (χ4n) is 1.51. The van der Waals surface area contributed by atoms with Crippen LogP contribution in [0, 0.1) is 0 Å². The molecular weight excluding hydrogens is 280 g/mol. The van der Waals surface area contributed by atoms with Crippen LogP contribution in [0.2, 0.25) is 0 Å². The van der Waals surface area contributed by atoms with Gasteiger partial charge in [0, 0.05) is 0 Å². The average molecular weight is 293 g/mol. The van der Waals surface area contributed by atoms with Gasteiger partial charge >= 0.3 is 0 Å². The molecule has 0 amide bonds. The van der Waals surface area contributed by atoms with Crippen molar-refractivity contribution in [1.82, 2.24) is 9.97 Å². The van der Waals surface area contributed by atoms with Crippen molar-refractivity contribution in [2.75, 3.05) is 11.1 Å². The summed E-state index contributed by atoms with van der Waals surface area (Å²) in [4.78, 5) is 8.29. The van der Waals surface area contributed by atoms with Gasteiger partial charge in [-0.3, -0.25) is 0 Å². The second kappa shape index (κ2) is 5.14. The Morgan fingerprint density at radius 3 is 2.71 bits per heavy atom. The molecule has 0 spiro atoms. The molecule has 0 fully saturated rings. The second-order valence-corrected chi connectivity index (χ2v) is 4.52. The van der Waals surface area contributed by atoms with Crippen molar-refractivity contribution in [3.63, 3.8) is 0 Å². The quantitative estimate of drug-likeness (QED) is 0.913. The number of anilines is 2. The third-order valence-corrected chi connectivity index (χ3v) is 2.81. The minimum atomic E-state index is 0.127. The van der Waals surface area contributed by atoms with Crippen molar-refractivity contribution in [1.29, 1.82) is 0 Å². The van der Waals surface area contributed by atoms with Gasteiger partial charge in [-0.2, -0.15) is 0 Å². The largest absolute Gasteiger partial charge is 0.381 e. The first-order chi connectivity index (χ1) is 8.16. The van der Waals surface area contributed by atoms with E-state index in [0.717, 1.165) is 0 Å². The van der Waals surface area contributed by atoms with Crippen LogP contribution in [0.4, 0.5) is 11.6 Å². The molecule has 0 aliphatic rings. The number of hydrogen-bond donors (Lipinski definition) is 2. The maximum Gasteiger partial charge on any atom is 0.170 e. The molecule has 17 heavy (non-hydrogen) atoms. The summed E-state index contributed by atoms with van der Waals surface area (Å²) in [5, 5.41) is 3.24.